The Hall–Kier alpha value is -2.57. The summed E-state index contributed by atoms with van der Waals surface area (Å²) in [5, 5.41) is 14.7. The Morgan fingerprint density at radius 2 is 1.96 bits per heavy atom. The van der Waals surface area contributed by atoms with E-state index in [1.165, 1.54) is 0 Å². The number of benzene rings is 1. The monoisotopic (exact) mass is 330 g/mol. The van der Waals surface area contributed by atoms with Crippen molar-refractivity contribution in [2.45, 2.75) is 38.3 Å². The molecule has 0 saturated heterocycles. The number of nitrogens with one attached hydrogen (secondary N) is 2. The van der Waals surface area contributed by atoms with Gasteiger partial charge in [0.2, 0.25) is 0 Å². The third kappa shape index (κ3) is 3.50. The molecule has 2 amide bonds. The first-order valence-corrected chi connectivity index (χ1v) is 8.22. The summed E-state index contributed by atoms with van der Waals surface area (Å²) >= 11 is 0. The van der Waals surface area contributed by atoms with Crippen LogP contribution in [-0.4, -0.2) is 32.7 Å². The van der Waals surface area contributed by atoms with Gasteiger partial charge in [-0.1, -0.05) is 12.1 Å². The molecule has 128 valence electrons. The van der Waals surface area contributed by atoms with Crippen molar-refractivity contribution in [2.24, 2.45) is 13.0 Å². The average molecular weight is 330 g/mol. The van der Waals surface area contributed by atoms with Gasteiger partial charge in [-0.25, -0.2) is 9.78 Å². The molecule has 7 heteroatoms. The second-order valence-electron chi connectivity index (χ2n) is 6.29. The van der Waals surface area contributed by atoms with Gasteiger partial charge >= 0.3 is 12.0 Å². The number of aromatic nitrogens is 2. The van der Waals surface area contributed by atoms with Crippen LogP contribution in [0.1, 0.15) is 31.5 Å². The summed E-state index contributed by atoms with van der Waals surface area (Å²) in [4.78, 5) is 27.5. The highest BCUT2D eigenvalue weighted by Gasteiger charge is 2.26. The van der Waals surface area contributed by atoms with Crippen molar-refractivity contribution in [1.82, 2.24) is 20.2 Å². The van der Waals surface area contributed by atoms with Gasteiger partial charge in [-0.05, 0) is 37.8 Å². The fraction of sp³-hybridized carbons (Fsp3) is 0.471. The number of imidazole rings is 1. The number of aliphatic carboxylic acids is 1. The average Bonchev–Trinajstić information content (AvgIpc) is 2.90. The van der Waals surface area contributed by atoms with E-state index in [1.807, 2.05) is 35.9 Å². The molecule has 0 bridgehead atoms. The van der Waals surface area contributed by atoms with E-state index < -0.39 is 5.97 Å². The van der Waals surface area contributed by atoms with E-state index in [1.54, 1.807) is 0 Å². The highest BCUT2D eigenvalue weighted by Crippen LogP contribution is 2.24. The van der Waals surface area contributed by atoms with E-state index in [0.29, 0.717) is 32.2 Å². The van der Waals surface area contributed by atoms with Crippen LogP contribution in [0.2, 0.25) is 0 Å². The van der Waals surface area contributed by atoms with Crippen LogP contribution in [0, 0.1) is 5.92 Å². The van der Waals surface area contributed by atoms with Gasteiger partial charge in [0.05, 0.1) is 23.5 Å². The van der Waals surface area contributed by atoms with E-state index in [-0.39, 0.29) is 18.0 Å². The van der Waals surface area contributed by atoms with Crippen molar-refractivity contribution >= 4 is 23.0 Å². The Morgan fingerprint density at radius 1 is 1.25 bits per heavy atom. The summed E-state index contributed by atoms with van der Waals surface area (Å²) in [5.41, 5.74) is 1.94. The number of amides is 2. The van der Waals surface area contributed by atoms with Crippen LogP contribution in [0.3, 0.4) is 0 Å². The van der Waals surface area contributed by atoms with E-state index in [2.05, 4.69) is 15.6 Å². The van der Waals surface area contributed by atoms with Crippen LogP contribution < -0.4 is 10.6 Å². The normalized spacial score (nSPS) is 20.7. The fourth-order valence-corrected chi connectivity index (χ4v) is 3.23. The van der Waals surface area contributed by atoms with Gasteiger partial charge in [-0.15, -0.1) is 0 Å². The lowest BCUT2D eigenvalue weighted by atomic mass is 9.86. The second kappa shape index (κ2) is 6.90. The van der Waals surface area contributed by atoms with Gasteiger partial charge in [-0.2, -0.15) is 0 Å². The number of carboxylic acid groups (broad SMARTS) is 1. The minimum Gasteiger partial charge on any atom is -0.481 e. The van der Waals surface area contributed by atoms with Gasteiger partial charge in [-0.3, -0.25) is 4.79 Å². The van der Waals surface area contributed by atoms with Crippen molar-refractivity contribution in [3.8, 4) is 0 Å². The molecule has 3 N–H and O–H groups in total. The van der Waals surface area contributed by atoms with Crippen LogP contribution in [0.15, 0.2) is 24.3 Å². The molecular formula is C17H22N4O3. The van der Waals surface area contributed by atoms with Crippen LogP contribution in [0.25, 0.3) is 11.0 Å². The quantitative estimate of drug-likeness (QED) is 0.799. The SMILES string of the molecule is Cn1c(CNC(=O)NC2CCC(C(=O)O)CC2)nc2ccccc21. The number of carbonyl (C=O) groups is 2. The molecule has 0 radical (unpaired) electrons. The molecular weight excluding hydrogens is 308 g/mol. The molecule has 24 heavy (non-hydrogen) atoms. The first kappa shape index (κ1) is 16.3. The van der Waals surface area contributed by atoms with Crippen LogP contribution in [-0.2, 0) is 18.4 Å². The lowest BCUT2D eigenvalue weighted by Crippen LogP contribution is -2.44. The number of para-hydroxylation sites is 2. The summed E-state index contributed by atoms with van der Waals surface area (Å²) in [7, 11) is 1.93. The molecule has 1 aromatic carbocycles. The molecule has 7 nitrogen and oxygen atoms in total. The number of fused-ring (bicyclic) bond motifs is 1. The molecule has 0 aliphatic heterocycles. The zero-order chi connectivity index (χ0) is 17.1. The van der Waals surface area contributed by atoms with Gasteiger partial charge in [0.25, 0.3) is 0 Å². The first-order valence-electron chi connectivity index (χ1n) is 8.22. The molecule has 3 rings (SSSR count). The van der Waals surface area contributed by atoms with Crippen molar-refractivity contribution < 1.29 is 14.7 Å². The lowest BCUT2D eigenvalue weighted by molar-refractivity contribution is -0.142. The largest absolute Gasteiger partial charge is 0.481 e. The van der Waals surface area contributed by atoms with Crippen molar-refractivity contribution in [3.05, 3.63) is 30.1 Å². The molecule has 1 aliphatic rings. The summed E-state index contributed by atoms with van der Waals surface area (Å²) in [6.07, 6.45) is 2.64. The standard InChI is InChI=1S/C17H22N4O3/c1-21-14-5-3-2-4-13(14)20-15(21)10-18-17(24)19-12-8-6-11(7-9-12)16(22)23/h2-5,11-12H,6-10H2,1H3,(H,22,23)(H2,18,19,24). The van der Waals surface area contributed by atoms with Gasteiger partial charge in [0.1, 0.15) is 5.82 Å². The smallest absolute Gasteiger partial charge is 0.315 e. The lowest BCUT2D eigenvalue weighted by Gasteiger charge is -2.26. The minimum atomic E-state index is -0.736. The Labute approximate surface area is 140 Å². The van der Waals surface area contributed by atoms with Crippen molar-refractivity contribution in [3.63, 3.8) is 0 Å². The van der Waals surface area contributed by atoms with Crippen LogP contribution in [0.4, 0.5) is 4.79 Å². The Balaban J connectivity index is 1.50. The van der Waals surface area contributed by atoms with Crippen molar-refractivity contribution in [1.29, 1.82) is 0 Å². The van der Waals surface area contributed by atoms with Crippen LogP contribution in [0.5, 0.6) is 0 Å². The molecule has 2 aromatic rings. The maximum absolute atomic E-state index is 12.1. The molecule has 1 aromatic heterocycles. The molecule has 1 aliphatic carbocycles. The zero-order valence-electron chi connectivity index (χ0n) is 13.7. The maximum Gasteiger partial charge on any atom is 0.315 e. The predicted molar refractivity (Wildman–Crippen MR) is 89.5 cm³/mol. The number of carbonyl (C=O) groups excluding carboxylic acids is 1. The first-order chi connectivity index (χ1) is 11.5. The summed E-state index contributed by atoms with van der Waals surface area (Å²) in [5.74, 6) is -0.216. The third-order valence-corrected chi connectivity index (χ3v) is 4.70. The van der Waals surface area contributed by atoms with Crippen LogP contribution >= 0.6 is 0 Å². The number of carboxylic acids is 1. The minimum absolute atomic E-state index is 0.0426. The predicted octanol–water partition coefficient (Wildman–Crippen LogP) is 2.02. The van der Waals surface area contributed by atoms with E-state index in [4.69, 9.17) is 5.11 Å². The molecule has 0 spiro atoms. The fourth-order valence-electron chi connectivity index (χ4n) is 3.23. The topological polar surface area (TPSA) is 96.2 Å². The number of nitrogens with zero attached hydrogens (tertiary/aromatic N) is 2. The summed E-state index contributed by atoms with van der Waals surface area (Å²) < 4.78 is 1.97. The Bertz CT molecular complexity index is 747. The molecule has 1 fully saturated rings. The summed E-state index contributed by atoms with van der Waals surface area (Å²) in [6, 6.07) is 7.64. The summed E-state index contributed by atoms with van der Waals surface area (Å²) in [6.45, 7) is 0.349. The van der Waals surface area contributed by atoms with E-state index in [9.17, 15) is 9.59 Å². The molecule has 1 heterocycles. The number of urea groups is 1. The number of rotatable bonds is 4. The van der Waals surface area contributed by atoms with Gasteiger partial charge < -0.3 is 20.3 Å². The third-order valence-electron chi connectivity index (χ3n) is 4.70. The molecule has 1 saturated carbocycles. The second-order valence-corrected chi connectivity index (χ2v) is 6.29. The van der Waals surface area contributed by atoms with E-state index in [0.717, 1.165) is 16.9 Å². The number of hydrogen-bond donors (Lipinski definition) is 3. The van der Waals surface area contributed by atoms with Gasteiger partial charge in [0.15, 0.2) is 0 Å². The van der Waals surface area contributed by atoms with E-state index >= 15 is 0 Å². The maximum atomic E-state index is 12.1. The van der Waals surface area contributed by atoms with Crippen molar-refractivity contribution in [2.75, 3.05) is 0 Å². The molecule has 0 unspecified atom stereocenters. The Morgan fingerprint density at radius 3 is 2.62 bits per heavy atom. The number of aryl methyl sites for hydroxylation is 1. The number of hydrogen-bond acceptors (Lipinski definition) is 3. The molecule has 0 atom stereocenters. The zero-order valence-corrected chi connectivity index (χ0v) is 13.7. The highest BCUT2D eigenvalue weighted by molar-refractivity contribution is 5.77. The Kier molecular flexibility index (Phi) is 4.69. The highest BCUT2D eigenvalue weighted by atomic mass is 16.4. The van der Waals surface area contributed by atoms with Gasteiger partial charge in [0, 0.05) is 13.1 Å².